The molecule has 0 aliphatic carbocycles. The summed E-state index contributed by atoms with van der Waals surface area (Å²) in [5.74, 6) is -1.25. The second kappa shape index (κ2) is 13.4. The summed E-state index contributed by atoms with van der Waals surface area (Å²) in [7, 11) is -2.16. The smallest absolute Gasteiger partial charge is 0.242 e. The molecule has 3 rings (SSSR count). The van der Waals surface area contributed by atoms with E-state index in [4.69, 9.17) is 11.6 Å². The Morgan fingerprint density at radius 2 is 1.68 bits per heavy atom. The van der Waals surface area contributed by atoms with Crippen LogP contribution in [0.3, 0.4) is 0 Å². The van der Waals surface area contributed by atoms with E-state index in [9.17, 15) is 22.4 Å². The Bertz CT molecular complexity index is 1350. The molecule has 3 aromatic carbocycles. The minimum atomic E-state index is -3.65. The van der Waals surface area contributed by atoms with Gasteiger partial charge in [0.15, 0.2) is 0 Å². The monoisotopic (exact) mass is 559 g/mol. The molecule has 1 N–H and O–H groups in total. The second-order valence-corrected chi connectivity index (χ2v) is 11.2. The molecule has 1 unspecified atom stereocenters. The van der Waals surface area contributed by atoms with Crippen molar-refractivity contribution in [3.8, 4) is 0 Å². The molecule has 0 saturated carbocycles. The van der Waals surface area contributed by atoms with E-state index in [0.29, 0.717) is 10.7 Å². The Balaban J connectivity index is 1.85. The first-order chi connectivity index (χ1) is 18.1. The topological polar surface area (TPSA) is 86.8 Å². The normalized spacial score (nSPS) is 12.0. The molecule has 0 aliphatic heterocycles. The third-order valence-electron chi connectivity index (χ3n) is 6.06. The average Bonchev–Trinajstić information content (AvgIpc) is 2.89. The van der Waals surface area contributed by atoms with Crippen molar-refractivity contribution in [2.24, 2.45) is 0 Å². The first-order valence-corrected chi connectivity index (χ1v) is 14.3. The van der Waals surface area contributed by atoms with Gasteiger partial charge >= 0.3 is 0 Å². The zero-order valence-electron chi connectivity index (χ0n) is 21.3. The molecule has 0 radical (unpaired) electrons. The van der Waals surface area contributed by atoms with Crippen LogP contribution in [-0.2, 0) is 32.6 Å². The molecular formula is C28H31ClFN3O4S. The minimum Gasteiger partial charge on any atom is -0.357 e. The van der Waals surface area contributed by atoms with Crippen LogP contribution in [0.5, 0.6) is 0 Å². The van der Waals surface area contributed by atoms with E-state index in [1.54, 1.807) is 36.4 Å². The minimum absolute atomic E-state index is 0.0295. The summed E-state index contributed by atoms with van der Waals surface area (Å²) in [5.41, 5.74) is 1.51. The number of halogens is 2. The fourth-order valence-corrected chi connectivity index (χ4v) is 5.31. The summed E-state index contributed by atoms with van der Waals surface area (Å²) in [6, 6.07) is 20.9. The Morgan fingerprint density at radius 1 is 1.00 bits per heavy atom. The zero-order valence-corrected chi connectivity index (χ0v) is 22.9. The number of carbonyl (C=O) groups excluding carboxylic acids is 2. The number of hydrogen-bond acceptors (Lipinski definition) is 4. The lowest BCUT2D eigenvalue weighted by Gasteiger charge is -2.31. The fourth-order valence-electron chi connectivity index (χ4n) is 4.17. The van der Waals surface area contributed by atoms with Crippen molar-refractivity contribution in [1.82, 2.24) is 10.2 Å². The van der Waals surface area contributed by atoms with Crippen LogP contribution in [0.4, 0.5) is 10.1 Å². The predicted octanol–water partition coefficient (Wildman–Crippen LogP) is 4.41. The largest absolute Gasteiger partial charge is 0.357 e. The molecule has 0 aliphatic rings. The van der Waals surface area contributed by atoms with Crippen LogP contribution < -0.4 is 9.62 Å². The number of likely N-dealkylation sites (N-methyl/N-ethyl adjacent to an activating group) is 1. The number of sulfonamides is 1. The van der Waals surface area contributed by atoms with E-state index in [1.807, 2.05) is 30.3 Å². The summed E-state index contributed by atoms with van der Waals surface area (Å²) in [6.45, 7) is -0.0811. The van der Waals surface area contributed by atoms with Crippen molar-refractivity contribution in [2.75, 3.05) is 24.2 Å². The van der Waals surface area contributed by atoms with Gasteiger partial charge in [-0.05, 0) is 36.2 Å². The molecule has 0 bridgehead atoms. The number of rotatable bonds is 12. The van der Waals surface area contributed by atoms with Crippen molar-refractivity contribution in [2.45, 2.75) is 31.8 Å². The number of hydrogen-bond donors (Lipinski definition) is 1. The molecule has 0 fully saturated rings. The van der Waals surface area contributed by atoms with E-state index in [2.05, 4.69) is 5.32 Å². The number of benzene rings is 3. The van der Waals surface area contributed by atoms with Gasteiger partial charge in [-0.15, -0.1) is 0 Å². The van der Waals surface area contributed by atoms with Crippen molar-refractivity contribution in [3.63, 3.8) is 0 Å². The van der Waals surface area contributed by atoms with Gasteiger partial charge in [0, 0.05) is 43.6 Å². The maximum atomic E-state index is 14.6. The van der Waals surface area contributed by atoms with Gasteiger partial charge < -0.3 is 10.2 Å². The third kappa shape index (κ3) is 8.03. The number of nitrogens with zero attached hydrogens (tertiary/aromatic N) is 2. The van der Waals surface area contributed by atoms with E-state index in [-0.39, 0.29) is 43.8 Å². The van der Waals surface area contributed by atoms with Crippen LogP contribution in [0.15, 0.2) is 78.9 Å². The Morgan fingerprint density at radius 3 is 2.32 bits per heavy atom. The van der Waals surface area contributed by atoms with Gasteiger partial charge in [-0.1, -0.05) is 66.2 Å². The van der Waals surface area contributed by atoms with Crippen molar-refractivity contribution in [3.05, 3.63) is 101 Å². The van der Waals surface area contributed by atoms with Crippen LogP contribution >= 0.6 is 11.6 Å². The lowest BCUT2D eigenvalue weighted by Crippen LogP contribution is -2.50. The molecule has 3 aromatic rings. The van der Waals surface area contributed by atoms with Crippen molar-refractivity contribution >= 4 is 39.1 Å². The summed E-state index contributed by atoms with van der Waals surface area (Å²) >= 11 is 6.05. The average molecular weight is 560 g/mol. The third-order valence-corrected chi connectivity index (χ3v) is 7.49. The first kappa shape index (κ1) is 29.1. The van der Waals surface area contributed by atoms with Gasteiger partial charge in [0.25, 0.3) is 0 Å². The highest BCUT2D eigenvalue weighted by Gasteiger charge is 2.30. The van der Waals surface area contributed by atoms with Gasteiger partial charge in [0.1, 0.15) is 11.9 Å². The highest BCUT2D eigenvalue weighted by molar-refractivity contribution is 7.92. The predicted molar refractivity (Wildman–Crippen MR) is 148 cm³/mol. The number of amides is 2. The Labute approximate surface area is 228 Å². The van der Waals surface area contributed by atoms with Gasteiger partial charge in [0.2, 0.25) is 21.8 Å². The van der Waals surface area contributed by atoms with Crippen LogP contribution in [0, 0.1) is 5.82 Å². The van der Waals surface area contributed by atoms with Crippen molar-refractivity contribution < 1.29 is 22.4 Å². The highest BCUT2D eigenvalue weighted by Crippen LogP contribution is 2.23. The molecule has 38 heavy (non-hydrogen) atoms. The Hall–Kier alpha value is -3.43. The number of carbonyl (C=O) groups is 2. The molecule has 10 heteroatoms. The molecule has 7 nitrogen and oxygen atoms in total. The molecular weight excluding hydrogens is 529 g/mol. The van der Waals surface area contributed by atoms with Gasteiger partial charge in [0.05, 0.1) is 11.9 Å². The van der Waals surface area contributed by atoms with E-state index < -0.39 is 27.8 Å². The standard InChI is InChI=1S/C28H31ClFN3O4S/c1-31-28(35)26(18-21-10-4-3-5-11-21)32(20-22-12-6-7-15-25(22)30)27(34)16-9-17-33(38(2,36)37)24-14-8-13-23(29)19-24/h3-8,10-15,19,26H,9,16-18,20H2,1-2H3,(H,31,35). The summed E-state index contributed by atoms with van der Waals surface area (Å²) in [5, 5.41) is 3.00. The van der Waals surface area contributed by atoms with Crippen LogP contribution in [-0.4, -0.2) is 51.0 Å². The van der Waals surface area contributed by atoms with E-state index in [0.717, 1.165) is 11.8 Å². The maximum Gasteiger partial charge on any atom is 0.242 e. The van der Waals surface area contributed by atoms with Crippen molar-refractivity contribution in [1.29, 1.82) is 0 Å². The summed E-state index contributed by atoms with van der Waals surface area (Å²) < 4.78 is 40.7. The van der Waals surface area contributed by atoms with E-state index >= 15 is 0 Å². The van der Waals surface area contributed by atoms with Crippen LogP contribution in [0.25, 0.3) is 0 Å². The Kier molecular flexibility index (Phi) is 10.3. The second-order valence-electron chi connectivity index (χ2n) is 8.85. The SMILES string of the molecule is CNC(=O)C(Cc1ccccc1)N(Cc1ccccc1F)C(=O)CCCN(c1cccc(Cl)c1)S(C)(=O)=O. The molecule has 202 valence electrons. The summed E-state index contributed by atoms with van der Waals surface area (Å²) in [4.78, 5) is 27.9. The summed E-state index contributed by atoms with van der Waals surface area (Å²) in [6.07, 6.45) is 1.45. The highest BCUT2D eigenvalue weighted by atomic mass is 35.5. The van der Waals surface area contributed by atoms with Gasteiger partial charge in [-0.2, -0.15) is 0 Å². The fraction of sp³-hybridized carbons (Fsp3) is 0.286. The van der Waals surface area contributed by atoms with Crippen LogP contribution in [0.2, 0.25) is 5.02 Å². The molecule has 0 aromatic heterocycles. The number of nitrogens with one attached hydrogen (secondary N) is 1. The van der Waals surface area contributed by atoms with Gasteiger partial charge in [-0.3, -0.25) is 13.9 Å². The van der Waals surface area contributed by atoms with Gasteiger partial charge in [-0.25, -0.2) is 12.8 Å². The molecule has 0 saturated heterocycles. The number of anilines is 1. The lowest BCUT2D eigenvalue weighted by atomic mass is 10.0. The quantitative estimate of drug-likeness (QED) is 0.356. The van der Waals surface area contributed by atoms with Crippen LogP contribution in [0.1, 0.15) is 24.0 Å². The van der Waals surface area contributed by atoms with E-state index in [1.165, 1.54) is 28.4 Å². The zero-order chi connectivity index (χ0) is 27.7. The first-order valence-electron chi connectivity index (χ1n) is 12.1. The molecule has 1 atom stereocenters. The molecule has 2 amide bonds. The maximum absolute atomic E-state index is 14.6. The molecule has 0 heterocycles. The molecule has 0 spiro atoms. The lowest BCUT2D eigenvalue weighted by molar-refractivity contribution is -0.141.